The maximum absolute atomic E-state index is 6.11. The van der Waals surface area contributed by atoms with Crippen molar-refractivity contribution in [2.24, 2.45) is 0 Å². The van der Waals surface area contributed by atoms with Crippen molar-refractivity contribution in [3.8, 4) is 5.75 Å². The molecule has 1 aliphatic rings. The molecule has 0 spiro atoms. The molecule has 1 aromatic rings. The van der Waals surface area contributed by atoms with Crippen LogP contribution in [0.3, 0.4) is 0 Å². The number of rotatable bonds is 3. The molecular formula is C13H19ClN2O. The number of likely N-dealkylation sites (tertiary alicyclic amines) is 1. The first kappa shape index (κ1) is 12.7. The van der Waals surface area contributed by atoms with E-state index in [1.807, 2.05) is 13.1 Å². The summed E-state index contributed by atoms with van der Waals surface area (Å²) < 4.78 is 5.42. The molecule has 4 heteroatoms. The quantitative estimate of drug-likeness (QED) is 0.775. The van der Waals surface area contributed by atoms with Crippen LogP contribution in [0, 0.1) is 13.8 Å². The number of aromatic nitrogens is 1. The molecule has 17 heavy (non-hydrogen) atoms. The fourth-order valence-corrected chi connectivity index (χ4v) is 2.66. The van der Waals surface area contributed by atoms with Crippen LogP contribution in [0.4, 0.5) is 0 Å². The molecule has 3 nitrogen and oxygen atoms in total. The Balaban J connectivity index is 2.16. The van der Waals surface area contributed by atoms with E-state index in [0.29, 0.717) is 5.38 Å². The highest BCUT2D eigenvalue weighted by atomic mass is 35.5. The maximum Gasteiger partial charge on any atom is 0.128 e. The number of aryl methyl sites for hydroxylation is 1. The number of nitrogens with zero attached hydrogens (tertiary/aromatic N) is 2. The van der Waals surface area contributed by atoms with E-state index >= 15 is 0 Å². The second kappa shape index (κ2) is 5.23. The van der Waals surface area contributed by atoms with Gasteiger partial charge in [0, 0.05) is 42.3 Å². The molecule has 1 unspecified atom stereocenters. The van der Waals surface area contributed by atoms with Crippen LogP contribution in [0.15, 0.2) is 6.20 Å². The SMILES string of the molecule is COc1c(C)cnc(CN2CCC(Cl)C2)c1C. The van der Waals surface area contributed by atoms with Crippen LogP contribution in [0.2, 0.25) is 0 Å². The van der Waals surface area contributed by atoms with E-state index < -0.39 is 0 Å². The Hall–Kier alpha value is -0.800. The summed E-state index contributed by atoms with van der Waals surface area (Å²) in [6.07, 6.45) is 2.96. The van der Waals surface area contributed by atoms with Crippen LogP contribution in [-0.2, 0) is 6.54 Å². The molecule has 1 aliphatic heterocycles. The Morgan fingerprint density at radius 2 is 2.29 bits per heavy atom. The molecule has 1 aromatic heterocycles. The first-order valence-electron chi connectivity index (χ1n) is 5.97. The van der Waals surface area contributed by atoms with E-state index in [-0.39, 0.29) is 0 Å². The molecule has 1 fully saturated rings. The molecule has 1 saturated heterocycles. The number of hydrogen-bond donors (Lipinski definition) is 0. The van der Waals surface area contributed by atoms with E-state index in [1.165, 1.54) is 0 Å². The van der Waals surface area contributed by atoms with Gasteiger partial charge >= 0.3 is 0 Å². The lowest BCUT2D eigenvalue weighted by molar-refractivity contribution is 0.325. The van der Waals surface area contributed by atoms with Gasteiger partial charge in [0.2, 0.25) is 0 Å². The lowest BCUT2D eigenvalue weighted by Crippen LogP contribution is -2.21. The zero-order valence-electron chi connectivity index (χ0n) is 10.7. The fourth-order valence-electron chi connectivity index (χ4n) is 2.37. The highest BCUT2D eigenvalue weighted by molar-refractivity contribution is 6.20. The van der Waals surface area contributed by atoms with Crippen molar-refractivity contribution in [1.82, 2.24) is 9.88 Å². The lowest BCUT2D eigenvalue weighted by Gasteiger charge is -2.17. The molecular weight excluding hydrogens is 236 g/mol. The molecule has 0 radical (unpaired) electrons. The number of alkyl halides is 1. The Kier molecular flexibility index (Phi) is 3.89. The third kappa shape index (κ3) is 2.72. The second-order valence-electron chi connectivity index (χ2n) is 4.67. The van der Waals surface area contributed by atoms with Gasteiger partial charge in [0.1, 0.15) is 5.75 Å². The van der Waals surface area contributed by atoms with E-state index in [9.17, 15) is 0 Å². The number of methoxy groups -OCH3 is 1. The van der Waals surface area contributed by atoms with Gasteiger partial charge in [0.15, 0.2) is 0 Å². The number of ether oxygens (including phenoxy) is 1. The topological polar surface area (TPSA) is 25.4 Å². The highest BCUT2D eigenvalue weighted by Gasteiger charge is 2.21. The Morgan fingerprint density at radius 3 is 2.88 bits per heavy atom. The fraction of sp³-hybridized carbons (Fsp3) is 0.615. The molecule has 94 valence electrons. The zero-order chi connectivity index (χ0) is 12.4. The number of hydrogen-bond acceptors (Lipinski definition) is 3. The average molecular weight is 255 g/mol. The van der Waals surface area contributed by atoms with Crippen LogP contribution in [0.1, 0.15) is 23.2 Å². The Morgan fingerprint density at radius 1 is 1.53 bits per heavy atom. The lowest BCUT2D eigenvalue weighted by atomic mass is 10.1. The largest absolute Gasteiger partial charge is 0.496 e. The normalized spacial score (nSPS) is 20.8. The van der Waals surface area contributed by atoms with E-state index in [2.05, 4.69) is 16.8 Å². The monoisotopic (exact) mass is 254 g/mol. The summed E-state index contributed by atoms with van der Waals surface area (Å²) in [7, 11) is 1.71. The minimum absolute atomic E-state index is 0.294. The van der Waals surface area contributed by atoms with Crippen molar-refractivity contribution < 1.29 is 4.74 Å². The zero-order valence-corrected chi connectivity index (χ0v) is 11.4. The van der Waals surface area contributed by atoms with Gasteiger partial charge in [-0.2, -0.15) is 0 Å². The van der Waals surface area contributed by atoms with Gasteiger partial charge < -0.3 is 4.74 Å². The summed E-state index contributed by atoms with van der Waals surface area (Å²) in [5.41, 5.74) is 3.33. The second-order valence-corrected chi connectivity index (χ2v) is 5.28. The van der Waals surface area contributed by atoms with Crippen molar-refractivity contribution in [3.63, 3.8) is 0 Å². The summed E-state index contributed by atoms with van der Waals surface area (Å²) in [5, 5.41) is 0.294. The minimum Gasteiger partial charge on any atom is -0.496 e. The first-order chi connectivity index (χ1) is 8.11. The highest BCUT2D eigenvalue weighted by Crippen LogP contribution is 2.26. The molecule has 2 rings (SSSR count). The van der Waals surface area contributed by atoms with E-state index in [4.69, 9.17) is 16.3 Å². The van der Waals surface area contributed by atoms with Gasteiger partial charge in [-0.25, -0.2) is 0 Å². The molecule has 2 heterocycles. The molecule has 0 saturated carbocycles. The maximum atomic E-state index is 6.11. The average Bonchev–Trinajstić information content (AvgIpc) is 2.69. The molecule has 0 aromatic carbocycles. The summed E-state index contributed by atoms with van der Waals surface area (Å²) in [4.78, 5) is 6.86. The Labute approximate surface area is 108 Å². The third-order valence-electron chi connectivity index (χ3n) is 3.34. The number of pyridine rings is 1. The van der Waals surface area contributed by atoms with E-state index in [0.717, 1.165) is 48.6 Å². The van der Waals surface area contributed by atoms with Gasteiger partial charge in [0.25, 0.3) is 0 Å². The van der Waals surface area contributed by atoms with Gasteiger partial charge in [-0.15, -0.1) is 11.6 Å². The van der Waals surface area contributed by atoms with Gasteiger partial charge in [-0.1, -0.05) is 0 Å². The van der Waals surface area contributed by atoms with E-state index in [1.54, 1.807) is 7.11 Å². The molecule has 0 amide bonds. The van der Waals surface area contributed by atoms with Crippen molar-refractivity contribution in [3.05, 3.63) is 23.0 Å². The summed E-state index contributed by atoms with van der Waals surface area (Å²) >= 11 is 6.11. The summed E-state index contributed by atoms with van der Waals surface area (Å²) in [6, 6.07) is 0. The van der Waals surface area contributed by atoms with Crippen molar-refractivity contribution in [2.75, 3.05) is 20.2 Å². The smallest absolute Gasteiger partial charge is 0.128 e. The summed E-state index contributed by atoms with van der Waals surface area (Å²) in [6.45, 7) is 6.98. The van der Waals surface area contributed by atoms with Crippen LogP contribution in [0.5, 0.6) is 5.75 Å². The van der Waals surface area contributed by atoms with Gasteiger partial charge in [-0.05, 0) is 20.3 Å². The minimum atomic E-state index is 0.294. The standard InChI is InChI=1S/C13H19ClN2O/c1-9-6-15-12(10(2)13(9)17-3)8-16-5-4-11(14)7-16/h6,11H,4-5,7-8H2,1-3H3. The van der Waals surface area contributed by atoms with Gasteiger partial charge in [0.05, 0.1) is 12.8 Å². The van der Waals surface area contributed by atoms with Crippen molar-refractivity contribution in [1.29, 1.82) is 0 Å². The van der Waals surface area contributed by atoms with Crippen molar-refractivity contribution >= 4 is 11.6 Å². The van der Waals surface area contributed by atoms with Crippen LogP contribution in [0.25, 0.3) is 0 Å². The molecule has 0 aliphatic carbocycles. The number of halogens is 1. The van der Waals surface area contributed by atoms with Crippen LogP contribution >= 0.6 is 11.6 Å². The molecule has 0 N–H and O–H groups in total. The third-order valence-corrected chi connectivity index (χ3v) is 3.69. The Bertz CT molecular complexity index is 409. The first-order valence-corrected chi connectivity index (χ1v) is 6.41. The predicted octanol–water partition coefficient (Wildman–Crippen LogP) is 2.52. The van der Waals surface area contributed by atoms with Gasteiger partial charge in [-0.3, -0.25) is 9.88 Å². The van der Waals surface area contributed by atoms with Crippen LogP contribution < -0.4 is 4.74 Å². The summed E-state index contributed by atoms with van der Waals surface area (Å²) in [5.74, 6) is 0.955. The van der Waals surface area contributed by atoms with Crippen LogP contribution in [-0.4, -0.2) is 35.5 Å². The molecule has 0 bridgehead atoms. The predicted molar refractivity (Wildman–Crippen MR) is 69.8 cm³/mol. The molecule has 1 atom stereocenters. The van der Waals surface area contributed by atoms with Crippen molar-refractivity contribution in [2.45, 2.75) is 32.2 Å².